The van der Waals surface area contributed by atoms with E-state index in [2.05, 4.69) is 29.8 Å². The highest BCUT2D eigenvalue weighted by Gasteiger charge is 2.60. The molecular weight excluding hydrogens is 1610 g/mol. The summed E-state index contributed by atoms with van der Waals surface area (Å²) in [6.07, 6.45) is -20.4. The number of amides is 3. The predicted octanol–water partition coefficient (Wildman–Crippen LogP) is -1.66. The van der Waals surface area contributed by atoms with Crippen molar-refractivity contribution in [2.45, 2.75) is 441 Å². The van der Waals surface area contributed by atoms with E-state index in [-0.39, 0.29) is 12.3 Å². The average Bonchev–Trinajstić information content (AvgIpc) is 0.769. The number of carbonyl (C=O) groups is 4. The topological polar surface area (TPSA) is 620 Å². The van der Waals surface area contributed by atoms with Crippen molar-refractivity contribution in [1.29, 1.82) is 0 Å². The lowest BCUT2D eigenvalue weighted by Crippen LogP contribution is -2.70. The van der Waals surface area contributed by atoms with Gasteiger partial charge in [0, 0.05) is 26.7 Å². The SMILES string of the molecule is CCCCCCCCCCCCC/C=C/[C@@H](O)[C@H](CO[C@@H]1OC(CO)[C@@H](O[C@@H]2OC(CO)[C@H](O)[C@H](O[C@H]3OC(CO)[C@H](O)[C@H](O[C@@H]4OC(CO)[C@H](O)[C@H](O[C@@H]5OC(CO[C@]6(C(=O)O)CC(O)[C@@H](NC(C)=O)C([C@H](O)[C@H](O)CO)O6)[C@H](O)[C@H](O)C5O)C4NC(C)=O)C3O)C2O)[C@H](O)C1O)NC(=O)CCCCCCCCCCCCCCCCCCCCC. The zero-order valence-electron chi connectivity index (χ0n) is 71.4. The van der Waals surface area contributed by atoms with E-state index >= 15 is 0 Å². The molecule has 6 saturated heterocycles. The van der Waals surface area contributed by atoms with Crippen LogP contribution in [0.5, 0.6) is 0 Å². The molecule has 6 aliphatic heterocycles. The maximum atomic E-state index is 13.6. The molecule has 0 aliphatic carbocycles. The summed E-state index contributed by atoms with van der Waals surface area (Å²) in [6, 6.07) is -4.64. The lowest BCUT2D eigenvalue weighted by molar-refractivity contribution is -0.390. The fourth-order valence-corrected chi connectivity index (χ4v) is 16.4. The monoisotopic (exact) mass is 1760 g/mol. The van der Waals surface area contributed by atoms with E-state index in [4.69, 9.17) is 56.8 Å². The first-order valence-corrected chi connectivity index (χ1v) is 44.6. The Kier molecular flexibility index (Phi) is 49.8. The minimum atomic E-state index is -3.03. The third-order valence-corrected chi connectivity index (χ3v) is 23.7. The van der Waals surface area contributed by atoms with E-state index in [1.54, 1.807) is 6.08 Å². The van der Waals surface area contributed by atoms with E-state index < -0.39 is 272 Å². The van der Waals surface area contributed by atoms with Gasteiger partial charge >= 0.3 is 5.97 Å². The van der Waals surface area contributed by atoms with Gasteiger partial charge in [-0.3, -0.25) is 14.4 Å². The minimum absolute atomic E-state index is 0.160. The number of carboxylic acid groups (broad SMARTS) is 1. The van der Waals surface area contributed by atoms with Gasteiger partial charge in [0.05, 0.1) is 70.5 Å². The van der Waals surface area contributed by atoms with Crippen LogP contribution in [0, 0.1) is 0 Å². The van der Waals surface area contributed by atoms with Crippen molar-refractivity contribution in [3.8, 4) is 0 Å². The first kappa shape index (κ1) is 107. The molecule has 6 aliphatic rings. The summed E-state index contributed by atoms with van der Waals surface area (Å²) in [4.78, 5) is 51.8. The highest BCUT2D eigenvalue weighted by molar-refractivity contribution is 5.77. The molecule has 39 heteroatoms. The molecule has 6 fully saturated rings. The normalized spacial score (nSPS) is 35.6. The number of nitrogens with one attached hydrogen (secondary N) is 3. The molecule has 3 amide bonds. The summed E-state index contributed by atoms with van der Waals surface area (Å²) < 4.78 is 70.5. The lowest BCUT2D eigenvalue weighted by atomic mass is 9.88. The molecule has 0 aromatic rings. The molecule has 712 valence electrons. The fourth-order valence-electron chi connectivity index (χ4n) is 16.4. The zero-order valence-corrected chi connectivity index (χ0v) is 71.4. The van der Waals surface area contributed by atoms with Crippen molar-refractivity contribution in [2.24, 2.45) is 0 Å². The highest BCUT2D eigenvalue weighted by atomic mass is 16.8. The molecule has 0 aromatic carbocycles. The van der Waals surface area contributed by atoms with Crippen LogP contribution in [-0.2, 0) is 76.0 Å². The number of hydrogen-bond acceptors (Lipinski definition) is 35. The Balaban J connectivity index is 1.10. The Labute approximate surface area is 714 Å². The van der Waals surface area contributed by atoms with Gasteiger partial charge in [-0.1, -0.05) is 206 Å². The number of allylic oxidation sites excluding steroid dienone is 1. The van der Waals surface area contributed by atoms with Crippen molar-refractivity contribution >= 4 is 23.7 Å². The number of aliphatic hydroxyl groups is 19. The summed E-state index contributed by atoms with van der Waals surface area (Å²) in [6.45, 7) is -0.575. The van der Waals surface area contributed by atoms with Gasteiger partial charge in [0.25, 0.3) is 5.79 Å². The maximum absolute atomic E-state index is 13.6. The Bertz CT molecular complexity index is 2910. The van der Waals surface area contributed by atoms with Crippen molar-refractivity contribution in [3.63, 3.8) is 0 Å². The van der Waals surface area contributed by atoms with Crippen LogP contribution in [0.4, 0.5) is 0 Å². The summed E-state index contributed by atoms with van der Waals surface area (Å²) in [5, 5.41) is 231. The van der Waals surface area contributed by atoms with Crippen LogP contribution in [-0.4, -0.2) is 374 Å². The first-order chi connectivity index (χ1) is 58.5. The minimum Gasteiger partial charge on any atom is -0.477 e. The second kappa shape index (κ2) is 56.7. The molecule has 23 N–H and O–H groups in total. The average molecular weight is 1770 g/mol. The molecule has 122 heavy (non-hydrogen) atoms. The number of ether oxygens (including phenoxy) is 12. The van der Waals surface area contributed by atoms with Crippen LogP contribution < -0.4 is 16.0 Å². The standard InChI is InChI=1S/C83H149N3O36/c1-5-7-9-11-13-15-17-19-20-21-22-23-24-26-28-30-32-34-36-38-58(97)86-49(50(94)37-35-33-31-29-27-25-18-16-14-12-10-8-6-2)45-111-78-69(106)67(104)72(56(44-91)116-78)118-80-71(108)76(65(102)55(43-90)114-80)121-81-70(107)75(64(101)54(42-89)115-81)120-77-60(85-48(4)93)73(63(100)53(41-88)113-77)119-79-68(105)66(103)62(99)57(117-79)46-112-83(82(109)110)39-51(95)59(84-47(3)92)74(122-83)61(98)52(96)40-87/h35,37,49-57,59-81,87-91,94-96,98-108H,5-34,36,38-46H2,1-4H3,(H,84,92)(H,85,93)(H,86,97)(H,109,110)/b37-35+/t49-,50+,51?,52+,53?,54?,55?,56?,57?,59+,60?,61+,62-,63-,64-,65-,66-,67+,68?,69?,70?,71?,72+,73+,74?,75-,76-,77-,78+,79-,80-,81+,83+/m0/s1. The molecule has 12 unspecified atom stereocenters. The van der Waals surface area contributed by atoms with Gasteiger partial charge in [-0.2, -0.15) is 0 Å². The Hall–Kier alpha value is -3.62. The third-order valence-electron chi connectivity index (χ3n) is 23.7. The van der Waals surface area contributed by atoms with Gasteiger partial charge in [0.2, 0.25) is 17.7 Å². The van der Waals surface area contributed by atoms with Gasteiger partial charge in [-0.05, 0) is 19.3 Å². The van der Waals surface area contributed by atoms with Crippen molar-refractivity contribution in [2.75, 3.05) is 46.2 Å². The molecule has 0 radical (unpaired) electrons. The van der Waals surface area contributed by atoms with Crippen molar-refractivity contribution in [3.05, 3.63) is 12.2 Å². The van der Waals surface area contributed by atoms with Crippen LogP contribution in [0.2, 0.25) is 0 Å². The van der Waals surface area contributed by atoms with Crippen LogP contribution in [0.25, 0.3) is 0 Å². The van der Waals surface area contributed by atoms with Gasteiger partial charge in [-0.25, -0.2) is 4.79 Å². The van der Waals surface area contributed by atoms with E-state index in [1.807, 2.05) is 6.08 Å². The number of carboxylic acids is 1. The maximum Gasteiger partial charge on any atom is 0.364 e. The molecule has 33 atom stereocenters. The fraction of sp³-hybridized carbons (Fsp3) is 0.928. The number of aliphatic carboxylic acids is 1. The molecule has 6 rings (SSSR count). The smallest absolute Gasteiger partial charge is 0.364 e. The second-order valence-corrected chi connectivity index (χ2v) is 33.5. The van der Waals surface area contributed by atoms with Crippen molar-refractivity contribution < 1.29 is 178 Å². The molecular formula is C83H149N3O36. The quantitative estimate of drug-likeness (QED) is 0.0239. The largest absolute Gasteiger partial charge is 0.477 e. The van der Waals surface area contributed by atoms with Gasteiger partial charge < -0.3 is 175 Å². The lowest BCUT2D eigenvalue weighted by Gasteiger charge is -2.50. The van der Waals surface area contributed by atoms with E-state index in [1.165, 1.54) is 135 Å². The summed E-state index contributed by atoms with van der Waals surface area (Å²) in [7, 11) is 0. The van der Waals surface area contributed by atoms with E-state index in [0.29, 0.717) is 12.8 Å². The van der Waals surface area contributed by atoms with Crippen LogP contribution in [0.3, 0.4) is 0 Å². The molecule has 0 spiro atoms. The Morgan fingerprint density at radius 3 is 1.29 bits per heavy atom. The molecule has 0 bridgehead atoms. The number of rotatable bonds is 59. The zero-order chi connectivity index (χ0) is 89.6. The predicted molar refractivity (Wildman–Crippen MR) is 429 cm³/mol. The number of aliphatic hydroxyl groups excluding tert-OH is 19. The molecule has 39 nitrogen and oxygen atoms in total. The molecule has 0 aromatic heterocycles. The first-order valence-electron chi connectivity index (χ1n) is 44.6. The summed E-state index contributed by atoms with van der Waals surface area (Å²) in [5.41, 5.74) is 0. The summed E-state index contributed by atoms with van der Waals surface area (Å²) >= 11 is 0. The highest BCUT2D eigenvalue weighted by Crippen LogP contribution is 2.39. The molecule has 6 heterocycles. The number of carbonyl (C=O) groups excluding carboxylic acids is 3. The number of unbranched alkanes of at least 4 members (excludes halogenated alkanes) is 29. The van der Waals surface area contributed by atoms with Crippen LogP contribution >= 0.6 is 0 Å². The second-order valence-electron chi connectivity index (χ2n) is 33.5. The Morgan fingerprint density at radius 2 is 0.828 bits per heavy atom. The number of hydrogen-bond donors (Lipinski definition) is 23. The van der Waals surface area contributed by atoms with Gasteiger partial charge in [-0.15, -0.1) is 0 Å². The van der Waals surface area contributed by atoms with Crippen LogP contribution in [0.1, 0.15) is 240 Å². The Morgan fingerprint density at radius 1 is 0.434 bits per heavy atom. The van der Waals surface area contributed by atoms with Crippen LogP contribution in [0.15, 0.2) is 12.2 Å². The summed E-state index contributed by atoms with van der Waals surface area (Å²) in [5.74, 6) is -7.13. The van der Waals surface area contributed by atoms with E-state index in [9.17, 15) is 121 Å². The van der Waals surface area contributed by atoms with E-state index in [0.717, 1.165) is 65.2 Å². The molecule has 0 saturated carbocycles. The van der Waals surface area contributed by atoms with Gasteiger partial charge in [0.1, 0.15) is 140 Å². The van der Waals surface area contributed by atoms with Gasteiger partial charge in [0.15, 0.2) is 31.5 Å². The third kappa shape index (κ3) is 32.8. The van der Waals surface area contributed by atoms with Crippen molar-refractivity contribution in [1.82, 2.24) is 16.0 Å².